The first-order chi connectivity index (χ1) is 12.0. The first-order valence-corrected chi connectivity index (χ1v) is 8.86. The third-order valence-electron chi connectivity index (χ3n) is 3.76. The van der Waals surface area contributed by atoms with Crippen LogP contribution in [0.25, 0.3) is 11.1 Å². The number of nitrogens with zero attached hydrogens (tertiary/aromatic N) is 1. The number of carbonyl (C=O) groups excluding carboxylic acids is 2. The summed E-state index contributed by atoms with van der Waals surface area (Å²) >= 11 is 1.60. The number of aryl methyl sites for hydroxylation is 1. The number of amides is 1. The molecule has 1 amide bonds. The molecule has 2 aromatic heterocycles. The Bertz CT molecular complexity index is 942. The second-order valence-corrected chi connectivity index (χ2v) is 6.37. The number of benzene rings is 1. The van der Waals surface area contributed by atoms with Crippen molar-refractivity contribution in [2.45, 2.75) is 18.4 Å². The maximum atomic E-state index is 12.5. The number of aromatic nitrogens is 1. The van der Waals surface area contributed by atoms with Gasteiger partial charge in [-0.1, -0.05) is 6.07 Å². The number of hydrogen-bond acceptors (Lipinski definition) is 5. The Morgan fingerprint density at radius 1 is 1.28 bits per heavy atom. The zero-order valence-corrected chi connectivity index (χ0v) is 15.0. The summed E-state index contributed by atoms with van der Waals surface area (Å²) in [5.74, 6) is -0.0377. The Morgan fingerprint density at radius 3 is 2.80 bits per heavy atom. The number of methoxy groups -OCH3 is 1. The van der Waals surface area contributed by atoms with Crippen molar-refractivity contribution in [3.05, 3.63) is 47.9 Å². The first kappa shape index (κ1) is 17.2. The molecule has 0 unspecified atom stereocenters. The SMILES string of the molecule is COC(=O)c1cc2oc(C)cc2n1CC(=O)Nc1cccc(SC)c1. The highest BCUT2D eigenvalue weighted by Crippen LogP contribution is 2.25. The van der Waals surface area contributed by atoms with Crippen LogP contribution in [0.15, 0.2) is 45.7 Å². The largest absolute Gasteiger partial charge is 0.464 e. The summed E-state index contributed by atoms with van der Waals surface area (Å²) in [6.45, 7) is 1.80. The molecule has 0 saturated heterocycles. The molecule has 25 heavy (non-hydrogen) atoms. The number of anilines is 1. The van der Waals surface area contributed by atoms with Crippen molar-refractivity contribution in [1.82, 2.24) is 4.57 Å². The van der Waals surface area contributed by atoms with Crippen molar-refractivity contribution in [3.8, 4) is 0 Å². The van der Waals surface area contributed by atoms with Gasteiger partial charge < -0.3 is 19.0 Å². The Morgan fingerprint density at radius 2 is 2.08 bits per heavy atom. The smallest absolute Gasteiger partial charge is 0.354 e. The highest BCUT2D eigenvalue weighted by atomic mass is 32.2. The van der Waals surface area contributed by atoms with E-state index in [1.54, 1.807) is 28.5 Å². The van der Waals surface area contributed by atoms with Gasteiger partial charge in [-0.05, 0) is 31.4 Å². The monoisotopic (exact) mass is 358 g/mol. The number of fused-ring (bicyclic) bond motifs is 1. The van der Waals surface area contributed by atoms with Crippen LogP contribution < -0.4 is 5.32 Å². The maximum Gasteiger partial charge on any atom is 0.354 e. The molecule has 7 heteroatoms. The van der Waals surface area contributed by atoms with Gasteiger partial charge in [0.25, 0.3) is 0 Å². The van der Waals surface area contributed by atoms with Gasteiger partial charge in [-0.25, -0.2) is 4.79 Å². The summed E-state index contributed by atoms with van der Waals surface area (Å²) in [6, 6.07) is 11.0. The van der Waals surface area contributed by atoms with Crippen LogP contribution in [0.2, 0.25) is 0 Å². The molecule has 1 N–H and O–H groups in total. The molecule has 0 saturated carbocycles. The Hall–Kier alpha value is -2.67. The molecule has 0 fully saturated rings. The van der Waals surface area contributed by atoms with Crippen molar-refractivity contribution >= 4 is 40.4 Å². The number of rotatable bonds is 5. The lowest BCUT2D eigenvalue weighted by atomic mass is 10.3. The van der Waals surface area contributed by atoms with Crippen LogP contribution in [0.1, 0.15) is 16.2 Å². The van der Waals surface area contributed by atoms with Gasteiger partial charge in [0, 0.05) is 22.7 Å². The number of ether oxygens (including phenoxy) is 1. The van der Waals surface area contributed by atoms with Crippen molar-refractivity contribution in [2.24, 2.45) is 0 Å². The van der Waals surface area contributed by atoms with Crippen LogP contribution in [0, 0.1) is 6.92 Å². The van der Waals surface area contributed by atoms with Gasteiger partial charge in [-0.3, -0.25) is 4.79 Å². The first-order valence-electron chi connectivity index (χ1n) is 7.63. The van der Waals surface area contributed by atoms with E-state index in [-0.39, 0.29) is 18.1 Å². The van der Waals surface area contributed by atoms with Crippen LogP contribution in [0.4, 0.5) is 5.69 Å². The second kappa shape index (κ2) is 7.06. The van der Waals surface area contributed by atoms with E-state index in [1.165, 1.54) is 7.11 Å². The Kier molecular flexibility index (Phi) is 4.85. The average Bonchev–Trinajstić information content (AvgIpc) is 3.11. The van der Waals surface area contributed by atoms with Gasteiger partial charge in [0.1, 0.15) is 18.0 Å². The minimum Gasteiger partial charge on any atom is -0.464 e. The molecule has 0 spiro atoms. The number of thioether (sulfide) groups is 1. The lowest BCUT2D eigenvalue weighted by Crippen LogP contribution is -2.21. The van der Waals surface area contributed by atoms with Crippen LogP contribution in [-0.2, 0) is 16.1 Å². The lowest BCUT2D eigenvalue weighted by Gasteiger charge is -2.10. The Labute approximate surface area is 149 Å². The van der Waals surface area contributed by atoms with Crippen molar-refractivity contribution < 1.29 is 18.7 Å². The average molecular weight is 358 g/mol. The minimum atomic E-state index is -0.513. The molecule has 130 valence electrons. The highest BCUT2D eigenvalue weighted by Gasteiger charge is 2.20. The Balaban J connectivity index is 1.87. The van der Waals surface area contributed by atoms with Crippen molar-refractivity contribution in [3.63, 3.8) is 0 Å². The van der Waals surface area contributed by atoms with E-state index >= 15 is 0 Å². The molecule has 3 aromatic rings. The summed E-state index contributed by atoms with van der Waals surface area (Å²) in [5.41, 5.74) is 2.23. The molecule has 0 atom stereocenters. The molecule has 0 bridgehead atoms. The van der Waals surface area contributed by atoms with Gasteiger partial charge in [-0.2, -0.15) is 0 Å². The van der Waals surface area contributed by atoms with E-state index in [1.807, 2.05) is 37.4 Å². The fourth-order valence-corrected chi connectivity index (χ4v) is 3.11. The third-order valence-corrected chi connectivity index (χ3v) is 4.49. The fraction of sp³-hybridized carbons (Fsp3) is 0.222. The predicted octanol–water partition coefficient (Wildman–Crippen LogP) is 3.69. The normalized spacial score (nSPS) is 10.8. The number of nitrogens with one attached hydrogen (secondary N) is 1. The van der Waals surface area contributed by atoms with Crippen LogP contribution >= 0.6 is 11.8 Å². The summed E-state index contributed by atoms with van der Waals surface area (Å²) in [6.07, 6.45) is 1.97. The van der Waals surface area contributed by atoms with Gasteiger partial charge in [0.2, 0.25) is 5.91 Å². The summed E-state index contributed by atoms with van der Waals surface area (Å²) < 4.78 is 12.0. The van der Waals surface area contributed by atoms with Crippen molar-refractivity contribution in [2.75, 3.05) is 18.7 Å². The van der Waals surface area contributed by atoms with E-state index in [4.69, 9.17) is 9.15 Å². The number of hydrogen-bond donors (Lipinski definition) is 1. The molecule has 1 aromatic carbocycles. The topological polar surface area (TPSA) is 73.5 Å². The summed E-state index contributed by atoms with van der Waals surface area (Å²) in [5, 5.41) is 2.85. The standard InChI is InChI=1S/C18H18N2O4S/c1-11-7-14-16(24-11)9-15(18(22)23-2)20(14)10-17(21)19-12-5-4-6-13(8-12)25-3/h4-9H,10H2,1-3H3,(H,19,21). The number of carbonyl (C=O) groups is 2. The molecular formula is C18H18N2O4S. The van der Waals surface area contributed by atoms with E-state index in [0.717, 1.165) is 4.90 Å². The summed E-state index contributed by atoms with van der Waals surface area (Å²) in [7, 11) is 1.31. The van der Waals surface area contributed by atoms with Gasteiger partial charge >= 0.3 is 5.97 Å². The zero-order chi connectivity index (χ0) is 18.0. The van der Waals surface area contributed by atoms with Crippen LogP contribution in [0.3, 0.4) is 0 Å². The van der Waals surface area contributed by atoms with Gasteiger partial charge in [0.05, 0.1) is 12.6 Å². The molecule has 0 aliphatic carbocycles. The lowest BCUT2D eigenvalue weighted by molar-refractivity contribution is -0.116. The molecule has 0 radical (unpaired) electrons. The predicted molar refractivity (Wildman–Crippen MR) is 97.1 cm³/mol. The maximum absolute atomic E-state index is 12.5. The fourth-order valence-electron chi connectivity index (χ4n) is 2.65. The molecule has 6 nitrogen and oxygen atoms in total. The van der Waals surface area contributed by atoms with E-state index in [9.17, 15) is 9.59 Å². The molecule has 0 aliphatic rings. The quantitative estimate of drug-likeness (QED) is 0.556. The third kappa shape index (κ3) is 3.56. The second-order valence-electron chi connectivity index (χ2n) is 5.49. The van der Waals surface area contributed by atoms with Crippen LogP contribution in [-0.4, -0.2) is 29.8 Å². The van der Waals surface area contributed by atoms with E-state index in [0.29, 0.717) is 22.5 Å². The summed E-state index contributed by atoms with van der Waals surface area (Å²) in [4.78, 5) is 25.5. The number of furan rings is 1. The zero-order valence-electron chi connectivity index (χ0n) is 14.2. The van der Waals surface area contributed by atoms with Gasteiger partial charge in [0.15, 0.2) is 5.58 Å². The van der Waals surface area contributed by atoms with E-state index < -0.39 is 5.97 Å². The molecule has 0 aliphatic heterocycles. The van der Waals surface area contributed by atoms with E-state index in [2.05, 4.69) is 5.32 Å². The number of esters is 1. The highest BCUT2D eigenvalue weighted by molar-refractivity contribution is 7.98. The van der Waals surface area contributed by atoms with Crippen molar-refractivity contribution in [1.29, 1.82) is 0 Å². The molecular weight excluding hydrogens is 340 g/mol. The van der Waals surface area contributed by atoms with Gasteiger partial charge in [-0.15, -0.1) is 11.8 Å². The molecule has 3 rings (SSSR count). The van der Waals surface area contributed by atoms with Crippen LogP contribution in [0.5, 0.6) is 0 Å². The minimum absolute atomic E-state index is 0.0175. The molecule has 2 heterocycles.